The summed E-state index contributed by atoms with van der Waals surface area (Å²) in [6.07, 6.45) is 0. The highest BCUT2D eigenvalue weighted by Gasteiger charge is 2.12. The molecule has 1 N–H and O–H groups in total. The minimum atomic E-state index is -0.120. The van der Waals surface area contributed by atoms with Crippen molar-refractivity contribution in [2.45, 2.75) is 5.03 Å². The topological polar surface area (TPSA) is 54.9 Å². The van der Waals surface area contributed by atoms with Crippen molar-refractivity contribution in [3.05, 3.63) is 83.9 Å². The molecule has 0 aliphatic heterocycles. The van der Waals surface area contributed by atoms with Gasteiger partial charge in [0.25, 0.3) is 0 Å². The Hall–Kier alpha value is -2.89. The molecule has 4 nitrogen and oxygen atoms in total. The lowest BCUT2D eigenvalue weighted by atomic mass is 10.1. The first-order valence-corrected chi connectivity index (χ1v) is 10.1. The molecule has 1 heterocycles. The zero-order chi connectivity index (χ0) is 19.3. The van der Waals surface area contributed by atoms with Crippen LogP contribution in [0.1, 0.15) is 0 Å². The largest absolute Gasteiger partial charge is 0.325 e. The minimum Gasteiger partial charge on any atom is -0.325 e. The average molecular weight is 406 g/mol. The van der Waals surface area contributed by atoms with Crippen LogP contribution in [0.15, 0.2) is 83.9 Å². The van der Waals surface area contributed by atoms with Gasteiger partial charge in [-0.15, -0.1) is 10.2 Å². The van der Waals surface area contributed by atoms with Crippen LogP contribution in [0.25, 0.3) is 22.0 Å². The number of amides is 1. The van der Waals surface area contributed by atoms with E-state index >= 15 is 0 Å². The van der Waals surface area contributed by atoms with Crippen molar-refractivity contribution in [3.63, 3.8) is 0 Å². The van der Waals surface area contributed by atoms with Crippen LogP contribution in [0.2, 0.25) is 5.02 Å². The average Bonchev–Trinajstić information content (AvgIpc) is 2.72. The predicted molar refractivity (Wildman–Crippen MR) is 116 cm³/mol. The molecule has 4 rings (SSSR count). The Balaban J connectivity index is 1.56. The number of rotatable bonds is 5. The van der Waals surface area contributed by atoms with Crippen molar-refractivity contribution >= 4 is 45.7 Å². The first kappa shape index (κ1) is 18.5. The summed E-state index contributed by atoms with van der Waals surface area (Å²) in [5.41, 5.74) is 2.53. The Morgan fingerprint density at radius 3 is 2.43 bits per heavy atom. The molecule has 0 saturated heterocycles. The standard InChI is InChI=1S/C22H16ClN3OS/c23-16-9-6-10-17(13-16)24-20(27)14-28-22-19-12-5-4-11-18(19)21(25-26-22)15-7-2-1-3-8-15/h1-13H,14H2,(H,24,27). The molecule has 0 bridgehead atoms. The van der Waals surface area contributed by atoms with E-state index in [4.69, 9.17) is 11.6 Å². The normalized spacial score (nSPS) is 10.8. The molecule has 0 radical (unpaired) electrons. The maximum Gasteiger partial charge on any atom is 0.234 e. The van der Waals surface area contributed by atoms with Gasteiger partial charge in [0.05, 0.1) is 5.75 Å². The summed E-state index contributed by atoms with van der Waals surface area (Å²) in [4.78, 5) is 12.3. The van der Waals surface area contributed by atoms with E-state index in [0.717, 1.165) is 27.1 Å². The molecule has 1 amide bonds. The lowest BCUT2D eigenvalue weighted by molar-refractivity contribution is -0.113. The predicted octanol–water partition coefficient (Wildman–Crippen LogP) is 5.68. The second-order valence-electron chi connectivity index (χ2n) is 6.11. The molecule has 3 aromatic carbocycles. The molecule has 138 valence electrons. The van der Waals surface area contributed by atoms with Gasteiger partial charge in [0.2, 0.25) is 5.91 Å². The minimum absolute atomic E-state index is 0.120. The SMILES string of the molecule is O=C(CSc1nnc(-c2ccccc2)c2ccccc12)Nc1cccc(Cl)c1. The number of aromatic nitrogens is 2. The third-order valence-corrected chi connectivity index (χ3v) is 5.37. The van der Waals surface area contributed by atoms with E-state index in [9.17, 15) is 4.79 Å². The zero-order valence-electron chi connectivity index (χ0n) is 14.8. The second kappa shape index (κ2) is 8.42. The highest BCUT2D eigenvalue weighted by Crippen LogP contribution is 2.31. The number of hydrogen-bond acceptors (Lipinski definition) is 4. The molecule has 1 aromatic heterocycles. The van der Waals surface area contributed by atoms with Gasteiger partial charge in [0.1, 0.15) is 10.7 Å². The van der Waals surface area contributed by atoms with Crippen molar-refractivity contribution in [1.82, 2.24) is 10.2 Å². The number of fused-ring (bicyclic) bond motifs is 1. The molecular weight excluding hydrogens is 390 g/mol. The van der Waals surface area contributed by atoms with E-state index in [1.807, 2.05) is 54.6 Å². The highest BCUT2D eigenvalue weighted by atomic mass is 35.5. The van der Waals surface area contributed by atoms with Crippen molar-refractivity contribution in [2.24, 2.45) is 0 Å². The van der Waals surface area contributed by atoms with Crippen molar-refractivity contribution in [2.75, 3.05) is 11.1 Å². The zero-order valence-corrected chi connectivity index (χ0v) is 16.4. The summed E-state index contributed by atoms with van der Waals surface area (Å²) in [5.74, 6) is 0.112. The van der Waals surface area contributed by atoms with Crippen LogP contribution in [0.5, 0.6) is 0 Å². The molecule has 6 heteroatoms. The van der Waals surface area contributed by atoms with E-state index < -0.39 is 0 Å². The number of thioether (sulfide) groups is 1. The Morgan fingerprint density at radius 2 is 1.64 bits per heavy atom. The third kappa shape index (κ3) is 4.16. The lowest BCUT2D eigenvalue weighted by Crippen LogP contribution is -2.14. The summed E-state index contributed by atoms with van der Waals surface area (Å²) < 4.78 is 0. The molecule has 28 heavy (non-hydrogen) atoms. The van der Waals surface area contributed by atoms with Gasteiger partial charge in [0, 0.05) is 27.0 Å². The molecule has 0 aliphatic rings. The van der Waals surface area contributed by atoms with Crippen LogP contribution >= 0.6 is 23.4 Å². The third-order valence-electron chi connectivity index (χ3n) is 4.15. The summed E-state index contributed by atoms with van der Waals surface area (Å²) >= 11 is 7.32. The van der Waals surface area contributed by atoms with Gasteiger partial charge in [-0.25, -0.2) is 0 Å². The smallest absolute Gasteiger partial charge is 0.234 e. The number of carbonyl (C=O) groups excluding carboxylic acids is 1. The number of nitrogens with zero attached hydrogens (tertiary/aromatic N) is 2. The number of hydrogen-bond donors (Lipinski definition) is 1. The summed E-state index contributed by atoms with van der Waals surface area (Å²) in [6, 6.07) is 25.0. The number of halogens is 1. The van der Waals surface area contributed by atoms with Gasteiger partial charge in [-0.3, -0.25) is 4.79 Å². The highest BCUT2D eigenvalue weighted by molar-refractivity contribution is 8.00. The number of benzene rings is 3. The number of carbonyl (C=O) groups is 1. The van der Waals surface area contributed by atoms with Crippen LogP contribution < -0.4 is 5.32 Å². The Bertz CT molecular complexity index is 1130. The van der Waals surface area contributed by atoms with Crippen LogP contribution in [0.4, 0.5) is 5.69 Å². The van der Waals surface area contributed by atoms with E-state index in [0.29, 0.717) is 10.7 Å². The fraction of sp³-hybridized carbons (Fsp3) is 0.0455. The summed E-state index contributed by atoms with van der Waals surface area (Å²) in [7, 11) is 0. The fourth-order valence-corrected chi connectivity index (χ4v) is 3.85. The van der Waals surface area contributed by atoms with Crippen LogP contribution in [-0.4, -0.2) is 21.9 Å². The molecular formula is C22H16ClN3OS. The molecule has 0 aliphatic carbocycles. The van der Waals surface area contributed by atoms with Crippen molar-refractivity contribution < 1.29 is 4.79 Å². The number of nitrogens with one attached hydrogen (secondary N) is 1. The monoisotopic (exact) mass is 405 g/mol. The molecule has 0 spiro atoms. The van der Waals surface area contributed by atoms with Gasteiger partial charge in [0.15, 0.2) is 0 Å². The van der Waals surface area contributed by atoms with E-state index in [1.54, 1.807) is 24.3 Å². The molecule has 0 saturated carbocycles. The Labute approximate surface area is 172 Å². The van der Waals surface area contributed by atoms with Gasteiger partial charge in [-0.05, 0) is 18.2 Å². The number of anilines is 1. The van der Waals surface area contributed by atoms with Crippen LogP contribution in [-0.2, 0) is 4.79 Å². The lowest BCUT2D eigenvalue weighted by Gasteiger charge is -2.09. The Morgan fingerprint density at radius 1 is 0.893 bits per heavy atom. The van der Waals surface area contributed by atoms with E-state index in [-0.39, 0.29) is 11.7 Å². The molecule has 0 fully saturated rings. The van der Waals surface area contributed by atoms with E-state index in [1.165, 1.54) is 11.8 Å². The molecule has 4 aromatic rings. The first-order chi connectivity index (χ1) is 13.7. The van der Waals surface area contributed by atoms with Crippen LogP contribution in [0, 0.1) is 0 Å². The van der Waals surface area contributed by atoms with Crippen molar-refractivity contribution in [3.8, 4) is 11.3 Å². The van der Waals surface area contributed by atoms with Gasteiger partial charge >= 0.3 is 0 Å². The summed E-state index contributed by atoms with van der Waals surface area (Å²) in [5, 5.41) is 15.0. The maximum atomic E-state index is 12.3. The maximum absolute atomic E-state index is 12.3. The van der Waals surface area contributed by atoms with E-state index in [2.05, 4.69) is 15.5 Å². The quantitative estimate of drug-likeness (QED) is 0.434. The molecule has 0 atom stereocenters. The second-order valence-corrected chi connectivity index (χ2v) is 7.51. The summed E-state index contributed by atoms with van der Waals surface area (Å²) in [6.45, 7) is 0. The molecule has 0 unspecified atom stereocenters. The van der Waals surface area contributed by atoms with Crippen molar-refractivity contribution in [1.29, 1.82) is 0 Å². The Kier molecular flexibility index (Phi) is 5.55. The van der Waals surface area contributed by atoms with Gasteiger partial charge in [-0.1, -0.05) is 84.0 Å². The van der Waals surface area contributed by atoms with Gasteiger partial charge < -0.3 is 5.32 Å². The fourth-order valence-electron chi connectivity index (χ4n) is 2.89. The van der Waals surface area contributed by atoms with Crippen LogP contribution in [0.3, 0.4) is 0 Å². The van der Waals surface area contributed by atoms with Gasteiger partial charge in [-0.2, -0.15) is 0 Å². The first-order valence-electron chi connectivity index (χ1n) is 8.70.